The van der Waals surface area contributed by atoms with Crippen molar-refractivity contribution in [3.8, 4) is 0 Å². The van der Waals surface area contributed by atoms with Gasteiger partial charge in [-0.05, 0) is 39.7 Å². The number of nitrogens with one attached hydrogen (secondary N) is 2. The Kier molecular flexibility index (Phi) is 10.1. The highest BCUT2D eigenvalue weighted by Crippen LogP contribution is 1.95. The molecule has 0 bridgehead atoms. The van der Waals surface area contributed by atoms with Crippen LogP contribution in [-0.4, -0.2) is 42.8 Å². The second kappa shape index (κ2) is 10.5. The summed E-state index contributed by atoms with van der Waals surface area (Å²) < 4.78 is 0. The van der Waals surface area contributed by atoms with Crippen LogP contribution in [0, 0.1) is 0 Å². The molecular formula is C12H27N3O2. The first-order valence-corrected chi connectivity index (χ1v) is 6.43. The fourth-order valence-corrected chi connectivity index (χ4v) is 1.56. The Morgan fingerprint density at radius 2 is 2.00 bits per heavy atom. The van der Waals surface area contributed by atoms with Crippen molar-refractivity contribution in [1.29, 1.82) is 0 Å². The molecule has 0 aliphatic heterocycles. The first kappa shape index (κ1) is 16.4. The summed E-state index contributed by atoms with van der Waals surface area (Å²) in [5.74, 6) is 0.0401. The quantitative estimate of drug-likeness (QED) is 0.407. The fourth-order valence-electron chi connectivity index (χ4n) is 1.56. The minimum atomic E-state index is 0.0401. The third-order valence-electron chi connectivity index (χ3n) is 2.43. The predicted octanol–water partition coefficient (Wildman–Crippen LogP) is -0.0194. The molecule has 102 valence electrons. The Morgan fingerprint density at radius 1 is 1.29 bits per heavy atom. The SMILES string of the molecule is CC(C)NC(=O)CC(CN)NCCCCCO. The summed E-state index contributed by atoms with van der Waals surface area (Å²) >= 11 is 0. The second-order valence-electron chi connectivity index (χ2n) is 4.60. The van der Waals surface area contributed by atoms with E-state index in [-0.39, 0.29) is 24.6 Å². The zero-order chi connectivity index (χ0) is 13.1. The van der Waals surface area contributed by atoms with Gasteiger partial charge in [0.05, 0.1) is 0 Å². The minimum Gasteiger partial charge on any atom is -0.396 e. The standard InChI is InChI=1S/C12H27N3O2/c1-10(2)15-12(17)8-11(9-13)14-6-4-3-5-7-16/h10-11,14,16H,3-9,13H2,1-2H3,(H,15,17). The molecule has 0 aliphatic rings. The molecule has 1 unspecified atom stereocenters. The maximum atomic E-state index is 11.5. The van der Waals surface area contributed by atoms with Crippen molar-refractivity contribution in [3.63, 3.8) is 0 Å². The third kappa shape index (κ3) is 10.2. The van der Waals surface area contributed by atoms with Gasteiger partial charge in [-0.3, -0.25) is 4.79 Å². The maximum absolute atomic E-state index is 11.5. The Hall–Kier alpha value is -0.650. The van der Waals surface area contributed by atoms with Crippen LogP contribution < -0.4 is 16.4 Å². The number of nitrogens with two attached hydrogens (primary N) is 1. The van der Waals surface area contributed by atoms with Crippen LogP contribution in [0.15, 0.2) is 0 Å². The van der Waals surface area contributed by atoms with Crippen molar-refractivity contribution >= 4 is 5.91 Å². The average Bonchev–Trinajstić information content (AvgIpc) is 2.26. The summed E-state index contributed by atoms with van der Waals surface area (Å²) in [6, 6.07) is 0.216. The van der Waals surface area contributed by atoms with Crippen molar-refractivity contribution in [2.75, 3.05) is 19.7 Å². The van der Waals surface area contributed by atoms with Gasteiger partial charge in [0.25, 0.3) is 0 Å². The topological polar surface area (TPSA) is 87.4 Å². The van der Waals surface area contributed by atoms with E-state index in [9.17, 15) is 4.79 Å². The maximum Gasteiger partial charge on any atom is 0.221 e. The van der Waals surface area contributed by atoms with Crippen molar-refractivity contribution in [2.45, 2.75) is 51.6 Å². The molecule has 1 atom stereocenters. The third-order valence-corrected chi connectivity index (χ3v) is 2.43. The number of carbonyl (C=O) groups excluding carboxylic acids is 1. The number of carbonyl (C=O) groups is 1. The molecule has 0 spiro atoms. The Balaban J connectivity index is 3.65. The van der Waals surface area contributed by atoms with Gasteiger partial charge in [0.1, 0.15) is 0 Å². The normalized spacial score (nSPS) is 12.8. The number of aliphatic hydroxyl groups excluding tert-OH is 1. The van der Waals surface area contributed by atoms with Gasteiger partial charge in [-0.2, -0.15) is 0 Å². The van der Waals surface area contributed by atoms with E-state index in [1.165, 1.54) is 0 Å². The van der Waals surface area contributed by atoms with Crippen LogP contribution in [0.25, 0.3) is 0 Å². The highest BCUT2D eigenvalue weighted by Gasteiger charge is 2.11. The summed E-state index contributed by atoms with van der Waals surface area (Å²) in [7, 11) is 0. The van der Waals surface area contributed by atoms with Gasteiger partial charge in [0.2, 0.25) is 5.91 Å². The van der Waals surface area contributed by atoms with Crippen molar-refractivity contribution in [1.82, 2.24) is 10.6 Å². The second-order valence-corrected chi connectivity index (χ2v) is 4.60. The lowest BCUT2D eigenvalue weighted by molar-refractivity contribution is -0.122. The summed E-state index contributed by atoms with van der Waals surface area (Å²) in [6.07, 6.45) is 3.26. The van der Waals surface area contributed by atoms with E-state index in [0.29, 0.717) is 13.0 Å². The molecule has 0 heterocycles. The van der Waals surface area contributed by atoms with Gasteiger partial charge < -0.3 is 21.5 Å². The first-order valence-electron chi connectivity index (χ1n) is 6.43. The monoisotopic (exact) mass is 245 g/mol. The number of rotatable bonds is 10. The lowest BCUT2D eigenvalue weighted by Gasteiger charge is -2.17. The summed E-state index contributed by atoms with van der Waals surface area (Å²) in [6.45, 7) is 5.44. The van der Waals surface area contributed by atoms with Gasteiger partial charge in [-0.1, -0.05) is 0 Å². The van der Waals surface area contributed by atoms with Crippen molar-refractivity contribution in [3.05, 3.63) is 0 Å². The Bertz CT molecular complexity index is 198. The minimum absolute atomic E-state index is 0.0401. The number of aliphatic hydroxyl groups is 1. The molecular weight excluding hydrogens is 218 g/mol. The van der Waals surface area contributed by atoms with E-state index < -0.39 is 0 Å². The Morgan fingerprint density at radius 3 is 2.53 bits per heavy atom. The molecule has 0 rings (SSSR count). The van der Waals surface area contributed by atoms with Gasteiger partial charge in [0.15, 0.2) is 0 Å². The largest absolute Gasteiger partial charge is 0.396 e. The molecule has 0 saturated heterocycles. The van der Waals surface area contributed by atoms with E-state index in [4.69, 9.17) is 10.8 Å². The van der Waals surface area contributed by atoms with Crippen LogP contribution in [-0.2, 0) is 4.79 Å². The molecule has 5 nitrogen and oxygen atoms in total. The molecule has 0 fully saturated rings. The number of hydrogen-bond donors (Lipinski definition) is 4. The molecule has 0 aromatic rings. The molecule has 0 aliphatic carbocycles. The van der Waals surface area contributed by atoms with Crippen molar-refractivity contribution < 1.29 is 9.90 Å². The Labute approximate surface area is 104 Å². The molecule has 1 amide bonds. The molecule has 5 heteroatoms. The van der Waals surface area contributed by atoms with E-state index in [2.05, 4.69) is 10.6 Å². The van der Waals surface area contributed by atoms with Crippen LogP contribution in [0.1, 0.15) is 39.5 Å². The van der Waals surface area contributed by atoms with Gasteiger partial charge >= 0.3 is 0 Å². The molecule has 0 aromatic heterocycles. The zero-order valence-corrected chi connectivity index (χ0v) is 11.0. The van der Waals surface area contributed by atoms with E-state index in [1.54, 1.807) is 0 Å². The van der Waals surface area contributed by atoms with E-state index >= 15 is 0 Å². The van der Waals surface area contributed by atoms with Crippen LogP contribution in [0.3, 0.4) is 0 Å². The molecule has 0 radical (unpaired) electrons. The van der Waals surface area contributed by atoms with Crippen molar-refractivity contribution in [2.24, 2.45) is 5.73 Å². The summed E-state index contributed by atoms with van der Waals surface area (Å²) in [5.41, 5.74) is 5.61. The first-order chi connectivity index (χ1) is 8.10. The van der Waals surface area contributed by atoms with E-state index in [0.717, 1.165) is 25.8 Å². The predicted molar refractivity (Wildman–Crippen MR) is 69.7 cm³/mol. The number of amides is 1. The average molecular weight is 245 g/mol. The summed E-state index contributed by atoms with van der Waals surface area (Å²) in [4.78, 5) is 11.5. The zero-order valence-electron chi connectivity index (χ0n) is 11.0. The molecule has 5 N–H and O–H groups in total. The van der Waals surface area contributed by atoms with Gasteiger partial charge in [-0.25, -0.2) is 0 Å². The molecule has 17 heavy (non-hydrogen) atoms. The summed E-state index contributed by atoms with van der Waals surface area (Å²) in [5, 5.41) is 14.7. The lowest BCUT2D eigenvalue weighted by atomic mass is 10.1. The van der Waals surface area contributed by atoms with Crippen LogP contribution in [0.4, 0.5) is 0 Å². The van der Waals surface area contributed by atoms with Crippen LogP contribution >= 0.6 is 0 Å². The smallest absolute Gasteiger partial charge is 0.221 e. The van der Waals surface area contributed by atoms with Crippen LogP contribution in [0.2, 0.25) is 0 Å². The van der Waals surface area contributed by atoms with Gasteiger partial charge in [-0.15, -0.1) is 0 Å². The number of hydrogen-bond acceptors (Lipinski definition) is 4. The molecule has 0 saturated carbocycles. The van der Waals surface area contributed by atoms with E-state index in [1.807, 2.05) is 13.8 Å². The highest BCUT2D eigenvalue weighted by atomic mass is 16.2. The number of unbranched alkanes of at least 4 members (excludes halogenated alkanes) is 2. The lowest BCUT2D eigenvalue weighted by Crippen LogP contribution is -2.42. The van der Waals surface area contributed by atoms with Gasteiger partial charge in [0, 0.05) is 31.7 Å². The fraction of sp³-hybridized carbons (Fsp3) is 0.917. The highest BCUT2D eigenvalue weighted by molar-refractivity contribution is 5.76. The van der Waals surface area contributed by atoms with Crippen LogP contribution in [0.5, 0.6) is 0 Å². The molecule has 0 aromatic carbocycles.